The molecule has 1 fully saturated rings. The summed E-state index contributed by atoms with van der Waals surface area (Å²) in [5, 5.41) is 0. The average Bonchev–Trinajstić information content (AvgIpc) is 3.21. The molecule has 26 heavy (non-hydrogen) atoms. The topological polar surface area (TPSA) is 41.1 Å². The first-order valence-corrected chi connectivity index (χ1v) is 10.4. The minimum Gasteiger partial charge on any atom is -0.474 e. The lowest BCUT2D eigenvalue weighted by atomic mass is 9.86. The van der Waals surface area contributed by atoms with E-state index in [-0.39, 0.29) is 0 Å². The molecule has 1 unspecified atom stereocenters. The Morgan fingerprint density at radius 2 is 2.00 bits per heavy atom. The minimum absolute atomic E-state index is 0.304. The first kappa shape index (κ1) is 17.8. The number of aryl methyl sites for hydroxylation is 1. The van der Waals surface area contributed by atoms with Crippen LogP contribution in [0.1, 0.15) is 69.4 Å². The van der Waals surface area contributed by atoms with Gasteiger partial charge in [-0.2, -0.15) is 0 Å². The summed E-state index contributed by atoms with van der Waals surface area (Å²) in [6.45, 7) is 4.69. The van der Waals surface area contributed by atoms with Crippen molar-refractivity contribution in [2.24, 2.45) is 5.92 Å². The Bertz CT molecular complexity index is 714. The zero-order valence-electron chi connectivity index (χ0n) is 16.7. The van der Waals surface area contributed by atoms with E-state index < -0.39 is 0 Å². The van der Waals surface area contributed by atoms with Gasteiger partial charge < -0.3 is 14.6 Å². The van der Waals surface area contributed by atoms with E-state index >= 15 is 0 Å². The maximum Gasteiger partial charge on any atom is 0.224 e. The number of nitrogens with one attached hydrogen (secondary N) is 1. The summed E-state index contributed by atoms with van der Waals surface area (Å²) in [5.74, 6) is 2.23. The SMILES string of the molecule is CCC(C)[C@H]1CCc2cc3[nH]cnc(OC4CCC(N(C)C)CC4)c-3c21. The summed E-state index contributed by atoms with van der Waals surface area (Å²) < 4.78 is 6.49. The fourth-order valence-electron chi connectivity index (χ4n) is 5.06. The molecular formula is C22H33N3O. The van der Waals surface area contributed by atoms with E-state index in [4.69, 9.17) is 4.74 Å². The highest BCUT2D eigenvalue weighted by atomic mass is 16.5. The molecule has 4 rings (SSSR count). The van der Waals surface area contributed by atoms with Gasteiger partial charge in [-0.15, -0.1) is 0 Å². The van der Waals surface area contributed by atoms with Crippen LogP contribution < -0.4 is 4.74 Å². The predicted molar refractivity (Wildman–Crippen MR) is 106 cm³/mol. The predicted octanol–water partition coefficient (Wildman–Crippen LogP) is 4.84. The zero-order chi connectivity index (χ0) is 18.3. The number of hydrogen-bond donors (Lipinski definition) is 1. The smallest absolute Gasteiger partial charge is 0.224 e. The Morgan fingerprint density at radius 1 is 1.23 bits per heavy atom. The van der Waals surface area contributed by atoms with Crippen LogP contribution in [-0.4, -0.2) is 41.1 Å². The van der Waals surface area contributed by atoms with Gasteiger partial charge in [0.15, 0.2) is 0 Å². The van der Waals surface area contributed by atoms with Gasteiger partial charge >= 0.3 is 0 Å². The Hall–Kier alpha value is -1.55. The number of ether oxygens (including phenoxy) is 1. The van der Waals surface area contributed by atoms with Gasteiger partial charge in [-0.25, -0.2) is 4.98 Å². The van der Waals surface area contributed by atoms with E-state index in [1.54, 1.807) is 6.33 Å². The average molecular weight is 356 g/mol. The molecule has 0 radical (unpaired) electrons. The highest BCUT2D eigenvalue weighted by Gasteiger charge is 2.35. The van der Waals surface area contributed by atoms with Crippen molar-refractivity contribution in [1.82, 2.24) is 14.9 Å². The van der Waals surface area contributed by atoms with Gasteiger partial charge in [-0.05, 0) is 81.6 Å². The Balaban J connectivity index is 1.59. The lowest BCUT2D eigenvalue weighted by Crippen LogP contribution is -2.35. The van der Waals surface area contributed by atoms with Crippen molar-refractivity contribution < 1.29 is 4.74 Å². The molecule has 3 aliphatic carbocycles. The molecule has 142 valence electrons. The quantitative estimate of drug-likeness (QED) is 0.834. The monoisotopic (exact) mass is 355 g/mol. The molecule has 0 aromatic heterocycles. The van der Waals surface area contributed by atoms with Crippen molar-refractivity contribution in [1.29, 1.82) is 0 Å². The van der Waals surface area contributed by atoms with Crippen molar-refractivity contribution >= 4 is 0 Å². The molecule has 0 amide bonds. The van der Waals surface area contributed by atoms with Crippen LogP contribution in [0.5, 0.6) is 5.88 Å². The van der Waals surface area contributed by atoms with Crippen LogP contribution in [0.4, 0.5) is 0 Å². The van der Waals surface area contributed by atoms with Gasteiger partial charge in [0.1, 0.15) is 6.10 Å². The third-order valence-corrected chi connectivity index (χ3v) is 6.90. The van der Waals surface area contributed by atoms with Gasteiger partial charge in [-0.3, -0.25) is 0 Å². The van der Waals surface area contributed by atoms with E-state index in [1.165, 1.54) is 54.5 Å². The molecular weight excluding hydrogens is 322 g/mol. The molecule has 1 aliphatic heterocycles. The number of rotatable bonds is 5. The van der Waals surface area contributed by atoms with E-state index in [0.29, 0.717) is 24.0 Å². The molecule has 4 aliphatic rings. The summed E-state index contributed by atoms with van der Waals surface area (Å²) in [7, 11) is 4.37. The number of fused-ring (bicyclic) bond motifs is 3. The fourth-order valence-corrected chi connectivity index (χ4v) is 5.06. The fraction of sp³-hybridized carbons (Fsp3) is 0.682. The van der Waals surface area contributed by atoms with Gasteiger partial charge in [-0.1, -0.05) is 20.3 Å². The molecule has 2 atom stereocenters. The van der Waals surface area contributed by atoms with Crippen molar-refractivity contribution in [3.63, 3.8) is 0 Å². The van der Waals surface area contributed by atoms with Crippen molar-refractivity contribution in [2.75, 3.05) is 14.1 Å². The first-order chi connectivity index (χ1) is 12.6. The van der Waals surface area contributed by atoms with Crippen LogP contribution in [0.2, 0.25) is 0 Å². The maximum atomic E-state index is 6.49. The minimum atomic E-state index is 0.304. The van der Waals surface area contributed by atoms with Crippen LogP contribution >= 0.6 is 0 Å². The van der Waals surface area contributed by atoms with Crippen LogP contribution in [0, 0.1) is 5.92 Å². The lowest BCUT2D eigenvalue weighted by Gasteiger charge is -2.33. The third-order valence-electron chi connectivity index (χ3n) is 6.90. The van der Waals surface area contributed by atoms with Gasteiger partial charge in [0.2, 0.25) is 5.88 Å². The zero-order valence-corrected chi connectivity index (χ0v) is 16.7. The highest BCUT2D eigenvalue weighted by molar-refractivity contribution is 5.76. The van der Waals surface area contributed by atoms with Crippen molar-refractivity contribution in [2.45, 2.75) is 76.9 Å². The number of aromatic amines is 1. The molecule has 4 nitrogen and oxygen atoms in total. The van der Waals surface area contributed by atoms with Crippen molar-refractivity contribution in [3.05, 3.63) is 23.5 Å². The first-order valence-electron chi connectivity index (χ1n) is 10.4. The molecule has 4 heteroatoms. The maximum absolute atomic E-state index is 6.49. The Kier molecular flexibility index (Phi) is 4.96. The standard InChI is InChI=1S/C22H33N3O/c1-5-14(2)18-11-6-15-12-19-21(20(15)18)22(24-13-23-19)26-17-9-7-16(8-10-17)25(3)4/h12-14,16-18H,5-11H2,1-4H3,(H,23,24)/t14?,16?,17?,18-/m1/s1. The summed E-state index contributed by atoms with van der Waals surface area (Å²) >= 11 is 0. The highest BCUT2D eigenvalue weighted by Crippen LogP contribution is 2.49. The van der Waals surface area contributed by atoms with E-state index in [0.717, 1.165) is 18.7 Å². The summed E-state index contributed by atoms with van der Waals surface area (Å²) in [6, 6.07) is 3.04. The second kappa shape index (κ2) is 7.22. The number of nitrogens with zero attached hydrogens (tertiary/aromatic N) is 2. The van der Waals surface area contributed by atoms with Gasteiger partial charge in [0.25, 0.3) is 0 Å². The molecule has 1 N–H and O–H groups in total. The van der Waals surface area contributed by atoms with Crippen LogP contribution in [0.25, 0.3) is 11.3 Å². The second-order valence-corrected chi connectivity index (χ2v) is 8.62. The molecule has 0 spiro atoms. The molecule has 1 heterocycles. The Morgan fingerprint density at radius 3 is 2.69 bits per heavy atom. The third kappa shape index (κ3) is 3.13. The normalized spacial score (nSPS) is 27.0. The second-order valence-electron chi connectivity index (χ2n) is 8.62. The van der Waals surface area contributed by atoms with E-state index in [2.05, 4.69) is 48.9 Å². The summed E-state index contributed by atoms with van der Waals surface area (Å²) in [5.41, 5.74) is 5.50. The van der Waals surface area contributed by atoms with E-state index in [9.17, 15) is 0 Å². The Labute approximate surface area is 157 Å². The van der Waals surface area contributed by atoms with E-state index in [1.807, 2.05) is 0 Å². The molecule has 0 aromatic carbocycles. The molecule has 0 bridgehead atoms. The van der Waals surface area contributed by atoms with Gasteiger partial charge in [0.05, 0.1) is 17.6 Å². The van der Waals surface area contributed by atoms with Crippen LogP contribution in [-0.2, 0) is 6.42 Å². The van der Waals surface area contributed by atoms with Crippen LogP contribution in [0.3, 0.4) is 0 Å². The summed E-state index contributed by atoms with van der Waals surface area (Å²) in [6.07, 6.45) is 10.5. The van der Waals surface area contributed by atoms with Crippen molar-refractivity contribution in [3.8, 4) is 17.1 Å². The molecule has 1 saturated carbocycles. The molecule has 0 aromatic rings. The number of H-pyrrole nitrogens is 1. The number of hydrogen-bond acceptors (Lipinski definition) is 3. The molecule has 0 saturated heterocycles. The lowest BCUT2D eigenvalue weighted by molar-refractivity contribution is 0.107. The summed E-state index contributed by atoms with van der Waals surface area (Å²) in [4.78, 5) is 10.3. The van der Waals surface area contributed by atoms with Gasteiger partial charge in [0, 0.05) is 6.04 Å². The number of aromatic nitrogens is 2. The largest absolute Gasteiger partial charge is 0.474 e. The van der Waals surface area contributed by atoms with Crippen LogP contribution in [0.15, 0.2) is 12.4 Å².